The highest BCUT2D eigenvalue weighted by Crippen LogP contribution is 2.16. The van der Waals surface area contributed by atoms with Crippen LogP contribution in [0.2, 0.25) is 0 Å². The Balaban J connectivity index is 0.00000264. The largest absolute Gasteiger partial charge is 1.00 e. The zero-order valence-electron chi connectivity index (χ0n) is 14.4. The first-order valence-corrected chi connectivity index (χ1v) is 8.85. The lowest BCUT2D eigenvalue weighted by Gasteiger charge is -2.26. The molecule has 2 rings (SSSR count). The van der Waals surface area contributed by atoms with Crippen molar-refractivity contribution in [2.24, 2.45) is 5.92 Å². The molecule has 1 aliphatic heterocycles. The molecule has 0 bridgehead atoms. The van der Waals surface area contributed by atoms with E-state index in [1.807, 2.05) is 24.3 Å². The number of carbonyl (C=O) groups excluding carboxylic acids is 1. The summed E-state index contributed by atoms with van der Waals surface area (Å²) in [5, 5.41) is 0. The zero-order chi connectivity index (χ0) is 15.8. The Morgan fingerprint density at radius 3 is 2.35 bits per heavy atom. The molecule has 130 valence electrons. The summed E-state index contributed by atoms with van der Waals surface area (Å²) in [5.41, 5.74) is 0.826. The van der Waals surface area contributed by atoms with E-state index < -0.39 is 0 Å². The third-order valence-corrected chi connectivity index (χ3v) is 4.57. The van der Waals surface area contributed by atoms with Gasteiger partial charge >= 0.3 is 0 Å². The van der Waals surface area contributed by atoms with Crippen LogP contribution in [-0.2, 0) is 0 Å². The van der Waals surface area contributed by atoms with Crippen LogP contribution >= 0.6 is 0 Å². The number of quaternary nitrogens is 1. The first-order valence-electron chi connectivity index (χ1n) is 8.85. The van der Waals surface area contributed by atoms with Gasteiger partial charge in [0, 0.05) is 5.56 Å². The number of ether oxygens (including phenoxy) is 1. The molecule has 1 aromatic carbocycles. The quantitative estimate of drug-likeness (QED) is 0.663. The van der Waals surface area contributed by atoms with E-state index in [4.69, 9.17) is 4.74 Å². The lowest BCUT2D eigenvalue weighted by atomic mass is 9.94. The van der Waals surface area contributed by atoms with Gasteiger partial charge in [0.05, 0.1) is 32.2 Å². The highest BCUT2D eigenvalue weighted by molar-refractivity contribution is 5.98. The predicted molar refractivity (Wildman–Crippen MR) is 89.8 cm³/mol. The number of piperidine rings is 1. The molecule has 3 nitrogen and oxygen atoms in total. The van der Waals surface area contributed by atoms with Crippen molar-refractivity contribution in [2.75, 3.05) is 26.2 Å². The number of hydrogen-bond acceptors (Lipinski definition) is 2. The van der Waals surface area contributed by atoms with Gasteiger partial charge < -0.3 is 22.0 Å². The summed E-state index contributed by atoms with van der Waals surface area (Å²) in [7, 11) is 0. The summed E-state index contributed by atoms with van der Waals surface area (Å²) >= 11 is 0. The Kier molecular flexibility index (Phi) is 9.27. The van der Waals surface area contributed by atoms with Gasteiger partial charge in [0.25, 0.3) is 0 Å². The molecule has 0 aromatic heterocycles. The molecule has 1 aliphatic rings. The molecule has 1 aromatic rings. The Labute approximate surface area is 146 Å². The molecule has 0 radical (unpaired) electrons. The van der Waals surface area contributed by atoms with Crippen LogP contribution in [0.25, 0.3) is 0 Å². The van der Waals surface area contributed by atoms with E-state index in [0.29, 0.717) is 5.78 Å². The van der Waals surface area contributed by atoms with E-state index in [1.165, 1.54) is 32.4 Å². The molecule has 1 N–H and O–H groups in total. The summed E-state index contributed by atoms with van der Waals surface area (Å²) in [6.07, 6.45) is 5.90. The van der Waals surface area contributed by atoms with Crippen LogP contribution in [-0.4, -0.2) is 32.0 Å². The second-order valence-electron chi connectivity index (χ2n) is 6.36. The Morgan fingerprint density at radius 2 is 1.78 bits per heavy atom. The zero-order valence-corrected chi connectivity index (χ0v) is 15.2. The molecule has 1 heterocycles. The smallest absolute Gasteiger partial charge is 0.171 e. The third kappa shape index (κ3) is 6.15. The van der Waals surface area contributed by atoms with Crippen molar-refractivity contribution in [1.82, 2.24) is 0 Å². The summed E-state index contributed by atoms with van der Waals surface area (Å²) in [6.45, 7) is 8.39. The average Bonchev–Trinajstić information content (AvgIpc) is 2.58. The number of ketones is 1. The standard InChI is InChI=1S/C19H29NO2.ClH/c1-3-14-22-18-10-8-17(9-11-18)19(21)16(4-2)15-20-12-6-5-7-13-20;/h8-11,16H,3-7,12-15H2,1-2H3;1H. The fraction of sp³-hybridized carbons (Fsp3) is 0.632. The number of benzene rings is 1. The summed E-state index contributed by atoms with van der Waals surface area (Å²) in [6, 6.07) is 7.68. The number of likely N-dealkylation sites (tertiary alicyclic amines) is 1. The molecule has 4 heteroatoms. The Hall–Kier alpha value is -1.06. The van der Waals surface area contributed by atoms with Crippen molar-refractivity contribution in [3.8, 4) is 5.75 Å². The SMILES string of the molecule is CCCOc1ccc(C(=O)C(CC)C[NH+]2CCCCC2)cc1.[Cl-]. The molecular weight excluding hydrogens is 310 g/mol. The van der Waals surface area contributed by atoms with Crippen LogP contribution in [0.3, 0.4) is 0 Å². The van der Waals surface area contributed by atoms with Gasteiger partial charge in [-0.3, -0.25) is 4.79 Å². The van der Waals surface area contributed by atoms with Crippen LogP contribution in [0.5, 0.6) is 5.75 Å². The number of halogens is 1. The highest BCUT2D eigenvalue weighted by Gasteiger charge is 2.24. The number of Topliss-reactive ketones (excluding diaryl/α,β-unsaturated/α-hetero) is 1. The van der Waals surface area contributed by atoms with E-state index in [1.54, 1.807) is 4.90 Å². The van der Waals surface area contributed by atoms with Crippen molar-refractivity contribution in [3.63, 3.8) is 0 Å². The molecule has 1 unspecified atom stereocenters. The van der Waals surface area contributed by atoms with Gasteiger partial charge in [-0.1, -0.05) is 13.8 Å². The number of rotatable bonds is 8. The summed E-state index contributed by atoms with van der Waals surface area (Å²) < 4.78 is 5.58. The van der Waals surface area contributed by atoms with Gasteiger partial charge in [-0.15, -0.1) is 0 Å². The van der Waals surface area contributed by atoms with Gasteiger partial charge in [-0.2, -0.15) is 0 Å². The van der Waals surface area contributed by atoms with Gasteiger partial charge in [0.2, 0.25) is 0 Å². The third-order valence-electron chi connectivity index (χ3n) is 4.57. The minimum atomic E-state index is 0. The fourth-order valence-electron chi connectivity index (χ4n) is 3.20. The minimum absolute atomic E-state index is 0. The highest BCUT2D eigenvalue weighted by atomic mass is 35.5. The van der Waals surface area contributed by atoms with Gasteiger partial charge in [-0.25, -0.2) is 0 Å². The van der Waals surface area contributed by atoms with Crippen molar-refractivity contribution in [2.45, 2.75) is 46.0 Å². The number of hydrogen-bond donors (Lipinski definition) is 1. The predicted octanol–water partition coefficient (Wildman–Crippen LogP) is -0.243. The van der Waals surface area contributed by atoms with E-state index in [2.05, 4.69) is 13.8 Å². The van der Waals surface area contributed by atoms with E-state index in [0.717, 1.165) is 37.3 Å². The first kappa shape index (κ1) is 20.0. The van der Waals surface area contributed by atoms with Crippen molar-refractivity contribution in [1.29, 1.82) is 0 Å². The monoisotopic (exact) mass is 339 g/mol. The van der Waals surface area contributed by atoms with E-state index >= 15 is 0 Å². The fourth-order valence-corrected chi connectivity index (χ4v) is 3.20. The Morgan fingerprint density at radius 1 is 1.13 bits per heavy atom. The molecular formula is C19H30ClNO2. The second-order valence-corrected chi connectivity index (χ2v) is 6.36. The van der Waals surface area contributed by atoms with Crippen LogP contribution in [0, 0.1) is 5.92 Å². The molecule has 0 saturated carbocycles. The van der Waals surface area contributed by atoms with Gasteiger partial charge in [0.1, 0.15) is 5.75 Å². The summed E-state index contributed by atoms with van der Waals surface area (Å²) in [4.78, 5) is 14.3. The summed E-state index contributed by atoms with van der Waals surface area (Å²) in [5.74, 6) is 1.30. The lowest BCUT2D eigenvalue weighted by Crippen LogP contribution is -3.13. The topological polar surface area (TPSA) is 30.7 Å². The lowest BCUT2D eigenvalue weighted by molar-refractivity contribution is -0.907. The maximum Gasteiger partial charge on any atom is 0.171 e. The molecule has 23 heavy (non-hydrogen) atoms. The van der Waals surface area contributed by atoms with Crippen LogP contribution in [0.4, 0.5) is 0 Å². The van der Waals surface area contributed by atoms with Crippen LogP contribution < -0.4 is 22.0 Å². The van der Waals surface area contributed by atoms with E-state index in [-0.39, 0.29) is 18.3 Å². The number of nitrogens with one attached hydrogen (secondary N) is 1. The second kappa shape index (κ2) is 10.7. The van der Waals surface area contributed by atoms with E-state index in [9.17, 15) is 4.79 Å². The minimum Gasteiger partial charge on any atom is -1.00 e. The molecule has 1 atom stereocenters. The molecule has 1 saturated heterocycles. The molecule has 1 fully saturated rings. The van der Waals surface area contributed by atoms with Crippen LogP contribution in [0.15, 0.2) is 24.3 Å². The van der Waals surface area contributed by atoms with Gasteiger partial charge in [0.15, 0.2) is 5.78 Å². The van der Waals surface area contributed by atoms with Crippen molar-refractivity contribution < 1.29 is 26.8 Å². The van der Waals surface area contributed by atoms with Crippen LogP contribution in [0.1, 0.15) is 56.3 Å². The Bertz CT molecular complexity index is 455. The normalized spacial score (nSPS) is 16.4. The molecule has 0 amide bonds. The molecule has 0 aliphatic carbocycles. The van der Waals surface area contributed by atoms with Crippen molar-refractivity contribution in [3.05, 3.63) is 29.8 Å². The number of carbonyl (C=O) groups is 1. The maximum atomic E-state index is 12.7. The average molecular weight is 340 g/mol. The van der Waals surface area contributed by atoms with Crippen molar-refractivity contribution >= 4 is 5.78 Å². The van der Waals surface area contributed by atoms with Gasteiger partial charge in [-0.05, 0) is 56.4 Å². The maximum absolute atomic E-state index is 12.7. The first-order chi connectivity index (χ1) is 10.7. The molecule has 0 spiro atoms.